The van der Waals surface area contributed by atoms with Crippen LogP contribution in [0.5, 0.6) is 0 Å². The van der Waals surface area contributed by atoms with Crippen molar-refractivity contribution in [2.75, 3.05) is 37.4 Å². The fraction of sp³-hybridized carbons (Fsp3) is 0.419. The minimum absolute atomic E-state index is 0.0778. The van der Waals surface area contributed by atoms with E-state index in [2.05, 4.69) is 54.7 Å². The highest BCUT2D eigenvalue weighted by Crippen LogP contribution is 2.34. The number of hydrogen-bond acceptors (Lipinski definition) is 4. The summed E-state index contributed by atoms with van der Waals surface area (Å²) in [5.74, 6) is -0.170. The van der Waals surface area contributed by atoms with Gasteiger partial charge in [-0.2, -0.15) is 13.2 Å². The summed E-state index contributed by atoms with van der Waals surface area (Å²) < 4.78 is 51.7. The van der Waals surface area contributed by atoms with Gasteiger partial charge in [0.25, 0.3) is 0 Å². The number of benzene rings is 2. The maximum Gasteiger partial charge on any atom is 0.416 e. The molecule has 2 atom stereocenters. The van der Waals surface area contributed by atoms with Gasteiger partial charge >= 0.3 is 6.18 Å². The van der Waals surface area contributed by atoms with Crippen LogP contribution in [-0.2, 0) is 0 Å². The monoisotopic (exact) mass is 546 g/mol. The smallest absolute Gasteiger partial charge is 0.404 e. The van der Waals surface area contributed by atoms with E-state index in [9.17, 15) is 17.6 Å². The summed E-state index contributed by atoms with van der Waals surface area (Å²) in [6.07, 6.45) is -0.166. The van der Waals surface area contributed by atoms with E-state index in [1.165, 1.54) is 5.69 Å². The molecule has 3 rings (SSSR count). The summed E-state index contributed by atoms with van der Waals surface area (Å²) in [5, 5.41) is 3.30. The summed E-state index contributed by atoms with van der Waals surface area (Å²) in [6.45, 7) is 13.5. The van der Waals surface area contributed by atoms with Gasteiger partial charge in [0.15, 0.2) is 0 Å². The molecule has 0 amide bonds. The van der Waals surface area contributed by atoms with Crippen molar-refractivity contribution < 1.29 is 17.6 Å². The van der Waals surface area contributed by atoms with Crippen molar-refractivity contribution in [3.8, 4) is 11.1 Å². The Morgan fingerprint density at radius 3 is 2.26 bits per heavy atom. The lowest BCUT2D eigenvalue weighted by Crippen LogP contribution is -2.55. The van der Waals surface area contributed by atoms with Crippen LogP contribution in [0.25, 0.3) is 11.1 Å². The molecule has 2 unspecified atom stereocenters. The lowest BCUT2D eigenvalue weighted by atomic mass is 10.0. The molecule has 1 aliphatic heterocycles. The molecule has 214 valence electrons. The molecule has 3 N–H and O–H groups in total. The van der Waals surface area contributed by atoms with Crippen molar-refractivity contribution in [1.29, 1.82) is 0 Å². The summed E-state index contributed by atoms with van der Waals surface area (Å²) in [7, 11) is 4.12. The lowest BCUT2D eigenvalue weighted by molar-refractivity contribution is -0.0892. The molecule has 2 aromatic carbocycles. The predicted octanol–water partition coefficient (Wildman–Crippen LogP) is 7.68. The standard InChI is InChI=1S/C21H28FN3.C10H14F3N/c1-14-6-8-18(19(22)10-14)17-7-9-21(20(11-17)23-4)25-12-15(2)24(5)16(3)13-25;1-3-5-6-9(10(11,12)13)8(4-2)7-14/h6-11,15-16,23H,12-13H2,1-5H3;4,6-7H,2-3,5,14H2,1H3/b;8-7-,9-6+. The number of anilines is 2. The van der Waals surface area contributed by atoms with Gasteiger partial charge in [-0.3, -0.25) is 4.90 Å². The molecule has 0 saturated carbocycles. The molecule has 4 nitrogen and oxygen atoms in total. The Hall–Kier alpha value is -3.26. The van der Waals surface area contributed by atoms with Gasteiger partial charge in [-0.15, -0.1) is 0 Å². The van der Waals surface area contributed by atoms with Crippen molar-refractivity contribution >= 4 is 11.4 Å². The first-order valence-electron chi connectivity index (χ1n) is 13.2. The predicted molar refractivity (Wildman–Crippen MR) is 157 cm³/mol. The first-order valence-corrected chi connectivity index (χ1v) is 13.2. The van der Waals surface area contributed by atoms with Crippen LogP contribution >= 0.6 is 0 Å². The van der Waals surface area contributed by atoms with E-state index >= 15 is 0 Å². The Balaban J connectivity index is 0.000000326. The Kier molecular flexibility index (Phi) is 11.6. The van der Waals surface area contributed by atoms with Gasteiger partial charge < -0.3 is 16.0 Å². The number of alkyl halides is 3. The Bertz CT molecular complexity index is 1160. The molecule has 0 aromatic heterocycles. The number of aryl methyl sites for hydroxylation is 1. The molecule has 0 aliphatic carbocycles. The first-order chi connectivity index (χ1) is 18.4. The lowest BCUT2D eigenvalue weighted by Gasteiger charge is -2.44. The number of rotatable bonds is 7. The molecule has 39 heavy (non-hydrogen) atoms. The quantitative estimate of drug-likeness (QED) is 0.276. The molecule has 0 spiro atoms. The number of halogens is 4. The molecule has 1 aliphatic rings. The van der Waals surface area contributed by atoms with Gasteiger partial charge in [0.1, 0.15) is 5.82 Å². The van der Waals surface area contributed by atoms with Crippen LogP contribution in [0.3, 0.4) is 0 Å². The van der Waals surface area contributed by atoms with Gasteiger partial charge in [0, 0.05) is 49.6 Å². The van der Waals surface area contributed by atoms with Crippen LogP contribution in [0.4, 0.5) is 28.9 Å². The molecular weight excluding hydrogens is 504 g/mol. The molecular formula is C31H42F4N4. The molecule has 1 heterocycles. The van der Waals surface area contributed by atoms with E-state index in [0.717, 1.165) is 48.3 Å². The third kappa shape index (κ3) is 8.36. The van der Waals surface area contributed by atoms with E-state index < -0.39 is 11.7 Å². The molecule has 0 radical (unpaired) electrons. The van der Waals surface area contributed by atoms with E-state index in [1.54, 1.807) is 6.07 Å². The zero-order valence-electron chi connectivity index (χ0n) is 23.9. The molecule has 8 heteroatoms. The highest BCUT2D eigenvalue weighted by Gasteiger charge is 2.34. The average Bonchev–Trinajstić information content (AvgIpc) is 2.88. The van der Waals surface area contributed by atoms with E-state index in [4.69, 9.17) is 5.73 Å². The van der Waals surface area contributed by atoms with E-state index in [0.29, 0.717) is 30.5 Å². The molecule has 1 fully saturated rings. The molecule has 2 aromatic rings. The van der Waals surface area contributed by atoms with Crippen molar-refractivity contribution in [3.05, 3.63) is 83.9 Å². The second-order valence-corrected chi connectivity index (χ2v) is 9.96. The normalized spacial score (nSPS) is 18.9. The van der Waals surface area contributed by atoms with E-state index in [-0.39, 0.29) is 11.4 Å². The number of nitrogens with zero attached hydrogens (tertiary/aromatic N) is 2. The van der Waals surface area contributed by atoms with Gasteiger partial charge in [0.05, 0.1) is 16.9 Å². The number of nitrogens with one attached hydrogen (secondary N) is 1. The zero-order chi connectivity index (χ0) is 29.3. The van der Waals surface area contributed by atoms with E-state index in [1.807, 2.05) is 39.1 Å². The summed E-state index contributed by atoms with van der Waals surface area (Å²) in [6, 6.07) is 12.6. The average molecular weight is 547 g/mol. The number of likely N-dealkylation sites (N-methyl/N-ethyl adjacent to an activating group) is 1. The second kappa shape index (κ2) is 14.2. The van der Waals surface area contributed by atoms with Crippen molar-refractivity contribution in [2.45, 2.75) is 58.8 Å². The Morgan fingerprint density at radius 2 is 1.77 bits per heavy atom. The van der Waals surface area contributed by atoms with Crippen molar-refractivity contribution in [1.82, 2.24) is 4.90 Å². The Labute approximate surface area is 230 Å². The SMILES string of the molecule is C=CC(=C/N)/C(=C\CCC)C(F)(F)F.CNc1cc(-c2ccc(C)cc2F)ccc1N1CC(C)N(C)C(C)C1. The molecule has 0 bridgehead atoms. The summed E-state index contributed by atoms with van der Waals surface area (Å²) in [5.41, 5.74) is 9.01. The van der Waals surface area contributed by atoms with Crippen LogP contribution in [0.15, 0.2) is 72.5 Å². The zero-order valence-corrected chi connectivity index (χ0v) is 23.9. The summed E-state index contributed by atoms with van der Waals surface area (Å²) in [4.78, 5) is 4.85. The fourth-order valence-corrected chi connectivity index (χ4v) is 4.59. The highest BCUT2D eigenvalue weighted by molar-refractivity contribution is 5.78. The van der Waals surface area contributed by atoms with Crippen molar-refractivity contribution in [2.24, 2.45) is 5.73 Å². The Morgan fingerprint density at radius 1 is 1.13 bits per heavy atom. The maximum absolute atomic E-state index is 14.3. The number of piperazine rings is 1. The van der Waals surface area contributed by atoms with Crippen LogP contribution in [0, 0.1) is 12.7 Å². The van der Waals surface area contributed by atoms with Crippen LogP contribution in [-0.4, -0.2) is 50.3 Å². The third-order valence-electron chi connectivity index (χ3n) is 7.05. The van der Waals surface area contributed by atoms with Crippen LogP contribution in [0.1, 0.15) is 39.2 Å². The van der Waals surface area contributed by atoms with Crippen LogP contribution in [0.2, 0.25) is 0 Å². The van der Waals surface area contributed by atoms with Crippen LogP contribution < -0.4 is 16.0 Å². The fourth-order valence-electron chi connectivity index (χ4n) is 4.59. The first kappa shape index (κ1) is 32.0. The highest BCUT2D eigenvalue weighted by atomic mass is 19.4. The van der Waals surface area contributed by atoms with Gasteiger partial charge in [-0.1, -0.05) is 50.3 Å². The minimum atomic E-state index is -4.37. The maximum atomic E-state index is 14.3. The molecule has 1 saturated heterocycles. The number of hydrogen-bond donors (Lipinski definition) is 2. The van der Waals surface area contributed by atoms with Gasteiger partial charge in [-0.05, 0) is 63.6 Å². The van der Waals surface area contributed by atoms with Gasteiger partial charge in [0.2, 0.25) is 0 Å². The summed E-state index contributed by atoms with van der Waals surface area (Å²) >= 11 is 0. The number of unbranched alkanes of at least 4 members (excludes halogenated alkanes) is 1. The second-order valence-electron chi connectivity index (χ2n) is 9.96. The largest absolute Gasteiger partial charge is 0.416 e. The topological polar surface area (TPSA) is 44.5 Å². The minimum Gasteiger partial charge on any atom is -0.404 e. The number of nitrogens with two attached hydrogens (primary N) is 1. The number of allylic oxidation sites excluding steroid dienone is 4. The third-order valence-corrected chi connectivity index (χ3v) is 7.05. The van der Waals surface area contributed by atoms with Crippen molar-refractivity contribution in [3.63, 3.8) is 0 Å². The van der Waals surface area contributed by atoms with Gasteiger partial charge in [-0.25, -0.2) is 4.39 Å².